The Morgan fingerprint density at radius 2 is 2.22 bits per heavy atom. The van der Waals surface area contributed by atoms with Gasteiger partial charge in [-0.05, 0) is 6.07 Å². The summed E-state index contributed by atoms with van der Waals surface area (Å²) in [7, 11) is 2.96. The van der Waals surface area contributed by atoms with Gasteiger partial charge in [0, 0.05) is 18.7 Å². The molecule has 1 aromatic rings. The molecule has 0 spiro atoms. The third-order valence-corrected chi connectivity index (χ3v) is 2.50. The Morgan fingerprint density at radius 3 is 2.83 bits per heavy atom. The van der Waals surface area contributed by atoms with E-state index in [1.165, 1.54) is 14.2 Å². The van der Waals surface area contributed by atoms with Crippen molar-refractivity contribution in [3.05, 3.63) is 23.3 Å². The number of ether oxygens (including phenoxy) is 4. The van der Waals surface area contributed by atoms with Crippen LogP contribution in [0.15, 0.2) is 12.1 Å². The van der Waals surface area contributed by atoms with Crippen LogP contribution in [0.5, 0.6) is 11.5 Å². The molecule has 2 rings (SSSR count). The number of benzene rings is 1. The fraction of sp³-hybridized carbons (Fsp3) is 0.333. The van der Waals surface area contributed by atoms with E-state index in [-0.39, 0.29) is 18.1 Å². The van der Waals surface area contributed by atoms with Gasteiger partial charge >= 0.3 is 5.97 Å². The number of rotatable bonds is 4. The van der Waals surface area contributed by atoms with Gasteiger partial charge in [-0.1, -0.05) is 0 Å². The van der Waals surface area contributed by atoms with E-state index in [1.807, 2.05) is 6.07 Å². The van der Waals surface area contributed by atoms with Crippen molar-refractivity contribution in [1.29, 1.82) is 5.26 Å². The Bertz CT molecular complexity index is 520. The molecule has 0 N–H and O–H groups in total. The minimum atomic E-state index is -0.924. The third-order valence-electron chi connectivity index (χ3n) is 2.50. The molecule has 0 saturated carbocycles. The molecule has 1 aliphatic heterocycles. The first-order chi connectivity index (χ1) is 8.71. The fourth-order valence-corrected chi connectivity index (χ4v) is 1.72. The van der Waals surface area contributed by atoms with Crippen molar-refractivity contribution < 1.29 is 23.7 Å². The van der Waals surface area contributed by atoms with E-state index in [0.29, 0.717) is 11.3 Å². The molecule has 1 unspecified atom stereocenters. The summed E-state index contributed by atoms with van der Waals surface area (Å²) in [6.45, 7) is -0.00981. The molecule has 0 fully saturated rings. The highest BCUT2D eigenvalue weighted by atomic mass is 16.7. The molecule has 0 aliphatic carbocycles. The number of carbonyl (C=O) groups is 1. The first-order valence-corrected chi connectivity index (χ1v) is 5.15. The number of esters is 1. The molecule has 1 heterocycles. The standard InChI is InChI=1S/C12H11NO5/c1-15-6-17-9-4-7(16-2)3-8-10(5-13)18-12(14)11(8)9/h3-4,10H,6H2,1-2H3. The number of methoxy groups -OCH3 is 2. The van der Waals surface area contributed by atoms with Gasteiger partial charge in [-0.15, -0.1) is 0 Å². The minimum absolute atomic E-state index is 0.00981. The van der Waals surface area contributed by atoms with Crippen LogP contribution >= 0.6 is 0 Å². The fourth-order valence-electron chi connectivity index (χ4n) is 1.72. The van der Waals surface area contributed by atoms with Gasteiger partial charge in [-0.25, -0.2) is 4.79 Å². The van der Waals surface area contributed by atoms with Gasteiger partial charge in [0.1, 0.15) is 23.1 Å². The van der Waals surface area contributed by atoms with Gasteiger partial charge in [0.15, 0.2) is 6.79 Å². The monoisotopic (exact) mass is 249 g/mol. The smallest absolute Gasteiger partial charge is 0.344 e. The predicted octanol–water partition coefficient (Wildman–Crippen LogP) is 1.41. The number of hydrogen-bond donors (Lipinski definition) is 0. The Kier molecular flexibility index (Phi) is 3.35. The van der Waals surface area contributed by atoms with E-state index in [2.05, 4.69) is 0 Å². The van der Waals surface area contributed by atoms with Crippen molar-refractivity contribution in [1.82, 2.24) is 0 Å². The van der Waals surface area contributed by atoms with Crippen LogP contribution in [0.4, 0.5) is 0 Å². The predicted molar refractivity (Wildman–Crippen MR) is 59.3 cm³/mol. The van der Waals surface area contributed by atoms with Crippen LogP contribution in [0.1, 0.15) is 22.0 Å². The third kappa shape index (κ3) is 1.96. The number of nitrogens with zero attached hydrogens (tertiary/aromatic N) is 1. The maximum absolute atomic E-state index is 11.7. The minimum Gasteiger partial charge on any atom is -0.497 e. The Hall–Kier alpha value is -2.26. The Balaban J connectivity index is 2.50. The lowest BCUT2D eigenvalue weighted by Gasteiger charge is -2.10. The zero-order valence-electron chi connectivity index (χ0n) is 9.93. The summed E-state index contributed by atoms with van der Waals surface area (Å²) in [5.41, 5.74) is 0.701. The van der Waals surface area contributed by atoms with E-state index in [4.69, 9.17) is 24.2 Å². The summed E-state index contributed by atoms with van der Waals surface area (Å²) in [5.74, 6) is 0.192. The second-order valence-corrected chi connectivity index (χ2v) is 3.56. The highest BCUT2D eigenvalue weighted by molar-refractivity contribution is 5.97. The van der Waals surface area contributed by atoms with E-state index in [1.54, 1.807) is 12.1 Å². The van der Waals surface area contributed by atoms with E-state index < -0.39 is 12.1 Å². The second kappa shape index (κ2) is 4.94. The van der Waals surface area contributed by atoms with Gasteiger partial charge in [-0.3, -0.25) is 0 Å². The maximum Gasteiger partial charge on any atom is 0.344 e. The highest BCUT2D eigenvalue weighted by Crippen LogP contribution is 2.39. The van der Waals surface area contributed by atoms with Crippen LogP contribution in [0.25, 0.3) is 0 Å². The molecule has 1 atom stereocenters. The van der Waals surface area contributed by atoms with Gasteiger partial charge in [0.05, 0.1) is 7.11 Å². The van der Waals surface area contributed by atoms with E-state index in [9.17, 15) is 4.79 Å². The topological polar surface area (TPSA) is 77.8 Å². The quantitative estimate of drug-likeness (QED) is 0.593. The molecule has 0 saturated heterocycles. The van der Waals surface area contributed by atoms with Crippen LogP contribution in [-0.2, 0) is 9.47 Å². The zero-order valence-corrected chi connectivity index (χ0v) is 9.93. The molecule has 0 amide bonds. The van der Waals surface area contributed by atoms with Gasteiger partial charge in [0.25, 0.3) is 0 Å². The number of cyclic esters (lactones) is 1. The van der Waals surface area contributed by atoms with Crippen LogP contribution < -0.4 is 9.47 Å². The molecule has 0 radical (unpaired) electrons. The molecule has 0 aromatic heterocycles. The SMILES string of the molecule is COCOc1cc(OC)cc2c1C(=O)OC2C#N. The molecule has 6 heteroatoms. The van der Waals surface area contributed by atoms with Crippen LogP contribution in [0.3, 0.4) is 0 Å². The number of hydrogen-bond acceptors (Lipinski definition) is 6. The molecule has 1 aromatic carbocycles. The lowest BCUT2D eigenvalue weighted by molar-refractivity contribution is 0.0432. The average molecular weight is 249 g/mol. The van der Waals surface area contributed by atoms with Crippen LogP contribution in [0, 0.1) is 11.3 Å². The Morgan fingerprint density at radius 1 is 1.44 bits per heavy atom. The summed E-state index contributed by atoms with van der Waals surface area (Å²) in [4.78, 5) is 11.7. The summed E-state index contributed by atoms with van der Waals surface area (Å²) in [5, 5.41) is 8.93. The van der Waals surface area contributed by atoms with Crippen molar-refractivity contribution in [2.45, 2.75) is 6.10 Å². The zero-order chi connectivity index (χ0) is 13.1. The lowest BCUT2D eigenvalue weighted by Crippen LogP contribution is -2.05. The molecule has 6 nitrogen and oxygen atoms in total. The first-order valence-electron chi connectivity index (χ1n) is 5.15. The van der Waals surface area contributed by atoms with Crippen molar-refractivity contribution in [3.8, 4) is 17.6 Å². The molecule has 0 bridgehead atoms. The van der Waals surface area contributed by atoms with Crippen LogP contribution in [0.2, 0.25) is 0 Å². The van der Waals surface area contributed by atoms with Gasteiger partial charge in [-0.2, -0.15) is 5.26 Å². The van der Waals surface area contributed by atoms with Crippen molar-refractivity contribution in [2.75, 3.05) is 21.0 Å². The largest absolute Gasteiger partial charge is 0.497 e. The Labute approximate surface area is 104 Å². The molecular weight excluding hydrogens is 238 g/mol. The summed E-state index contributed by atoms with van der Waals surface area (Å²) in [6.07, 6.45) is -0.924. The summed E-state index contributed by atoms with van der Waals surface area (Å²) in [6, 6.07) is 5.05. The van der Waals surface area contributed by atoms with Crippen LogP contribution in [-0.4, -0.2) is 27.0 Å². The average Bonchev–Trinajstić information content (AvgIpc) is 2.72. The van der Waals surface area contributed by atoms with Crippen molar-refractivity contribution >= 4 is 5.97 Å². The van der Waals surface area contributed by atoms with Gasteiger partial charge in [0.2, 0.25) is 6.10 Å². The number of carbonyl (C=O) groups excluding carboxylic acids is 1. The summed E-state index contributed by atoms with van der Waals surface area (Å²) < 4.78 is 20.1. The molecule has 18 heavy (non-hydrogen) atoms. The molecule has 1 aliphatic rings. The van der Waals surface area contributed by atoms with Crippen molar-refractivity contribution in [3.63, 3.8) is 0 Å². The number of fused-ring (bicyclic) bond motifs is 1. The van der Waals surface area contributed by atoms with E-state index in [0.717, 1.165) is 0 Å². The van der Waals surface area contributed by atoms with Gasteiger partial charge < -0.3 is 18.9 Å². The molecular formula is C12H11NO5. The summed E-state index contributed by atoms with van der Waals surface area (Å²) >= 11 is 0. The normalized spacial score (nSPS) is 16.7. The number of nitriles is 1. The highest BCUT2D eigenvalue weighted by Gasteiger charge is 2.35. The lowest BCUT2D eigenvalue weighted by atomic mass is 10.0. The maximum atomic E-state index is 11.7. The second-order valence-electron chi connectivity index (χ2n) is 3.56. The van der Waals surface area contributed by atoms with Crippen molar-refractivity contribution in [2.24, 2.45) is 0 Å². The first kappa shape index (κ1) is 12.2. The molecule has 94 valence electrons. The van der Waals surface area contributed by atoms with E-state index >= 15 is 0 Å².